The van der Waals surface area contributed by atoms with E-state index >= 15 is 0 Å². The zero-order valence-electron chi connectivity index (χ0n) is 10.0. The Bertz CT molecular complexity index is 427. The fraction of sp³-hybridized carbons (Fsp3) is 0.364. The average molecular weight is 218 g/mol. The van der Waals surface area contributed by atoms with Gasteiger partial charge < -0.3 is 11.6 Å². The number of hydrogen-bond acceptors (Lipinski definition) is 2. The summed E-state index contributed by atoms with van der Waals surface area (Å²) >= 11 is 0. The van der Waals surface area contributed by atoms with Crippen LogP contribution in [0, 0.1) is 5.82 Å². The van der Waals surface area contributed by atoms with Crippen molar-refractivity contribution in [1.82, 2.24) is 0 Å². The van der Waals surface area contributed by atoms with Gasteiger partial charge in [-0.15, -0.1) is 0 Å². The molecular formula is C11H12FLiO3. The summed E-state index contributed by atoms with van der Waals surface area (Å²) in [5.74, 6) is -1.52. The largest absolute Gasteiger partial charge is 1.00 e. The standard InChI is InChI=1S/C11H11FO3.Li.H/c12-8-2-1-7-3-4-11(15,6-10(13)14)9(7)5-8;;/h1-2,5,15H,3-4,6H2,(H,13,14);;/q;+1;-1. The van der Waals surface area contributed by atoms with Gasteiger partial charge in [-0.1, -0.05) is 6.07 Å². The van der Waals surface area contributed by atoms with Crippen LogP contribution in [0.15, 0.2) is 18.2 Å². The summed E-state index contributed by atoms with van der Waals surface area (Å²) in [4.78, 5) is 10.6. The molecule has 0 radical (unpaired) electrons. The molecule has 0 bridgehead atoms. The van der Waals surface area contributed by atoms with Gasteiger partial charge in [0.25, 0.3) is 0 Å². The first-order valence-electron chi connectivity index (χ1n) is 4.74. The summed E-state index contributed by atoms with van der Waals surface area (Å²) in [7, 11) is 0. The zero-order valence-corrected chi connectivity index (χ0v) is 9.03. The maximum absolute atomic E-state index is 13.0. The van der Waals surface area contributed by atoms with Crippen molar-refractivity contribution in [3.05, 3.63) is 35.1 Å². The van der Waals surface area contributed by atoms with Crippen molar-refractivity contribution < 1.29 is 39.7 Å². The molecule has 82 valence electrons. The van der Waals surface area contributed by atoms with Crippen LogP contribution in [0.5, 0.6) is 0 Å². The molecule has 1 atom stereocenters. The number of carboxylic acid groups (broad SMARTS) is 1. The van der Waals surface area contributed by atoms with Crippen molar-refractivity contribution in [2.24, 2.45) is 0 Å². The number of benzene rings is 1. The molecule has 0 saturated heterocycles. The first kappa shape index (κ1) is 13.2. The zero-order chi connectivity index (χ0) is 11.1. The third kappa shape index (κ3) is 2.30. The van der Waals surface area contributed by atoms with Gasteiger partial charge in [-0.25, -0.2) is 4.39 Å². The number of carbonyl (C=O) groups is 1. The van der Waals surface area contributed by atoms with Crippen LogP contribution in [0.3, 0.4) is 0 Å². The SMILES string of the molecule is O=C(O)CC1(O)CCc2ccc(F)cc21.[H-].[Li+]. The Hall–Kier alpha value is -0.823. The number of fused-ring (bicyclic) bond motifs is 1. The van der Waals surface area contributed by atoms with Gasteiger partial charge in [-0.05, 0) is 36.1 Å². The van der Waals surface area contributed by atoms with Crippen LogP contribution in [0.4, 0.5) is 4.39 Å². The molecule has 0 heterocycles. The number of carboxylic acids is 1. The first-order chi connectivity index (χ1) is 7.01. The monoisotopic (exact) mass is 218 g/mol. The van der Waals surface area contributed by atoms with Gasteiger partial charge in [0.15, 0.2) is 0 Å². The first-order valence-corrected chi connectivity index (χ1v) is 4.74. The van der Waals surface area contributed by atoms with Crippen molar-refractivity contribution in [2.45, 2.75) is 24.9 Å². The smallest absolute Gasteiger partial charge is 1.00 e. The van der Waals surface area contributed by atoms with Crippen molar-refractivity contribution in [2.75, 3.05) is 0 Å². The van der Waals surface area contributed by atoms with Gasteiger partial charge in [0.1, 0.15) is 11.4 Å². The number of halogens is 1. The summed E-state index contributed by atoms with van der Waals surface area (Å²) < 4.78 is 13.0. The van der Waals surface area contributed by atoms with E-state index < -0.39 is 17.4 Å². The number of hydrogen-bond donors (Lipinski definition) is 2. The minimum absolute atomic E-state index is 0. The van der Waals surface area contributed by atoms with Crippen molar-refractivity contribution >= 4 is 5.97 Å². The Morgan fingerprint density at radius 2 is 2.25 bits per heavy atom. The molecule has 1 aliphatic rings. The normalized spacial score (nSPS) is 22.4. The Balaban J connectivity index is 0.00000128. The van der Waals surface area contributed by atoms with Gasteiger partial charge in [0, 0.05) is 0 Å². The molecule has 0 fully saturated rings. The van der Waals surface area contributed by atoms with E-state index in [-0.39, 0.29) is 26.7 Å². The van der Waals surface area contributed by atoms with Gasteiger partial charge in [-0.2, -0.15) is 0 Å². The Labute approximate surface area is 106 Å². The van der Waals surface area contributed by atoms with E-state index in [0.717, 1.165) is 5.56 Å². The fourth-order valence-corrected chi connectivity index (χ4v) is 2.11. The predicted octanol–water partition coefficient (Wildman–Crippen LogP) is -1.45. The topological polar surface area (TPSA) is 57.5 Å². The van der Waals surface area contributed by atoms with Gasteiger partial charge in [-0.3, -0.25) is 4.79 Å². The molecule has 16 heavy (non-hydrogen) atoms. The minimum Gasteiger partial charge on any atom is -1.00 e. The van der Waals surface area contributed by atoms with Crippen LogP contribution in [0.25, 0.3) is 0 Å². The molecule has 1 aromatic carbocycles. The molecule has 0 amide bonds. The molecule has 2 rings (SSSR count). The minimum atomic E-state index is -1.40. The molecule has 0 saturated carbocycles. The molecular weight excluding hydrogens is 206 g/mol. The summed E-state index contributed by atoms with van der Waals surface area (Å²) in [5, 5.41) is 18.8. The van der Waals surface area contributed by atoms with Crippen molar-refractivity contribution in [3.63, 3.8) is 0 Å². The molecule has 5 heteroatoms. The average Bonchev–Trinajstić information content (AvgIpc) is 2.43. The summed E-state index contributed by atoms with van der Waals surface area (Å²) in [6.45, 7) is 0. The van der Waals surface area contributed by atoms with Crippen LogP contribution in [0.1, 0.15) is 25.4 Å². The molecule has 0 spiro atoms. The van der Waals surface area contributed by atoms with Crippen LogP contribution < -0.4 is 18.9 Å². The molecule has 1 aromatic rings. The molecule has 1 aliphatic carbocycles. The van der Waals surface area contributed by atoms with Crippen LogP contribution in [0.2, 0.25) is 0 Å². The third-order valence-electron chi connectivity index (χ3n) is 2.82. The Morgan fingerprint density at radius 1 is 1.56 bits per heavy atom. The second kappa shape index (κ2) is 4.58. The number of aliphatic hydroxyl groups is 1. The second-order valence-corrected chi connectivity index (χ2v) is 3.90. The van der Waals surface area contributed by atoms with Crippen molar-refractivity contribution in [3.8, 4) is 0 Å². The maximum atomic E-state index is 13.0. The molecule has 1 unspecified atom stereocenters. The van der Waals surface area contributed by atoms with E-state index in [1.807, 2.05) is 0 Å². The summed E-state index contributed by atoms with van der Waals surface area (Å²) in [5.41, 5.74) is -0.145. The molecule has 0 aromatic heterocycles. The maximum Gasteiger partial charge on any atom is 1.00 e. The van der Waals surface area contributed by atoms with E-state index in [1.165, 1.54) is 12.1 Å². The van der Waals surface area contributed by atoms with Crippen LogP contribution in [-0.4, -0.2) is 16.2 Å². The molecule has 2 N–H and O–H groups in total. The van der Waals surface area contributed by atoms with Gasteiger partial charge >= 0.3 is 24.8 Å². The van der Waals surface area contributed by atoms with Crippen LogP contribution >= 0.6 is 0 Å². The van der Waals surface area contributed by atoms with E-state index in [2.05, 4.69) is 0 Å². The second-order valence-electron chi connectivity index (χ2n) is 3.90. The number of aryl methyl sites for hydroxylation is 1. The van der Waals surface area contributed by atoms with E-state index in [0.29, 0.717) is 18.4 Å². The third-order valence-corrected chi connectivity index (χ3v) is 2.82. The van der Waals surface area contributed by atoms with Gasteiger partial charge in [0.05, 0.1) is 6.42 Å². The number of aliphatic carboxylic acids is 1. The Morgan fingerprint density at radius 3 is 2.88 bits per heavy atom. The summed E-state index contributed by atoms with van der Waals surface area (Å²) in [6, 6.07) is 4.15. The van der Waals surface area contributed by atoms with Crippen molar-refractivity contribution in [1.29, 1.82) is 0 Å². The number of rotatable bonds is 2. The van der Waals surface area contributed by atoms with Gasteiger partial charge in [0.2, 0.25) is 0 Å². The fourth-order valence-electron chi connectivity index (χ4n) is 2.11. The van der Waals surface area contributed by atoms with E-state index in [1.54, 1.807) is 6.07 Å². The molecule has 0 aliphatic heterocycles. The van der Waals surface area contributed by atoms with Crippen LogP contribution in [-0.2, 0) is 16.8 Å². The predicted molar refractivity (Wildman–Crippen MR) is 52.0 cm³/mol. The summed E-state index contributed by atoms with van der Waals surface area (Å²) in [6.07, 6.45) is 0.570. The molecule has 3 nitrogen and oxygen atoms in total. The quantitative estimate of drug-likeness (QED) is 0.597. The Kier molecular flexibility index (Phi) is 3.79. The van der Waals surface area contributed by atoms with E-state index in [9.17, 15) is 14.3 Å². The van der Waals surface area contributed by atoms with E-state index in [4.69, 9.17) is 5.11 Å².